The smallest absolute Gasteiger partial charge is 0.336 e. The number of nitrogens with one attached hydrogen (secondary N) is 1. The molecule has 5 heteroatoms. The Balaban J connectivity index is 2.07. The van der Waals surface area contributed by atoms with Gasteiger partial charge in [0.1, 0.15) is 0 Å². The Morgan fingerprint density at radius 1 is 1.35 bits per heavy atom. The standard InChI is InChI=1S/C15H20N2O3/c1-9-5-6-12(8-13(9)15(19)20)17-14(18)10-3-2-4-11(16)7-10/h5-6,8,10-11H,2-4,7,16H2,1H3,(H,17,18)(H,19,20). The Morgan fingerprint density at radius 2 is 2.10 bits per heavy atom. The fraction of sp³-hybridized carbons (Fsp3) is 0.467. The number of hydrogen-bond acceptors (Lipinski definition) is 3. The van der Waals surface area contributed by atoms with Crippen molar-refractivity contribution in [3.8, 4) is 0 Å². The topological polar surface area (TPSA) is 92.4 Å². The van der Waals surface area contributed by atoms with Gasteiger partial charge in [-0.05, 0) is 43.9 Å². The molecule has 2 atom stereocenters. The molecule has 0 aromatic heterocycles. The summed E-state index contributed by atoms with van der Waals surface area (Å²) in [5, 5.41) is 11.9. The molecular weight excluding hydrogens is 256 g/mol. The van der Waals surface area contributed by atoms with Gasteiger partial charge in [-0.1, -0.05) is 12.5 Å². The van der Waals surface area contributed by atoms with Crippen molar-refractivity contribution in [3.05, 3.63) is 29.3 Å². The second-order valence-electron chi connectivity index (χ2n) is 5.45. The van der Waals surface area contributed by atoms with Crippen molar-refractivity contribution in [3.63, 3.8) is 0 Å². The third-order valence-corrected chi connectivity index (χ3v) is 3.82. The van der Waals surface area contributed by atoms with Gasteiger partial charge in [0.25, 0.3) is 0 Å². The zero-order chi connectivity index (χ0) is 14.7. The SMILES string of the molecule is Cc1ccc(NC(=O)C2CCCC(N)C2)cc1C(=O)O. The lowest BCUT2D eigenvalue weighted by Gasteiger charge is -2.25. The summed E-state index contributed by atoms with van der Waals surface area (Å²) in [6, 6.07) is 5.01. The van der Waals surface area contributed by atoms with E-state index in [9.17, 15) is 9.59 Å². The van der Waals surface area contributed by atoms with Crippen LogP contribution >= 0.6 is 0 Å². The van der Waals surface area contributed by atoms with Gasteiger partial charge in [-0.2, -0.15) is 0 Å². The molecule has 0 bridgehead atoms. The molecular formula is C15H20N2O3. The second-order valence-corrected chi connectivity index (χ2v) is 5.45. The number of amides is 1. The fourth-order valence-electron chi connectivity index (χ4n) is 2.64. The van der Waals surface area contributed by atoms with E-state index in [2.05, 4.69) is 5.32 Å². The van der Waals surface area contributed by atoms with Crippen LogP contribution < -0.4 is 11.1 Å². The van der Waals surface area contributed by atoms with Crippen molar-refractivity contribution in [2.45, 2.75) is 38.6 Å². The molecule has 1 amide bonds. The number of anilines is 1. The van der Waals surface area contributed by atoms with Gasteiger partial charge in [-0.15, -0.1) is 0 Å². The molecule has 0 spiro atoms. The first-order chi connectivity index (χ1) is 9.47. The summed E-state index contributed by atoms with van der Waals surface area (Å²) in [6.45, 7) is 1.73. The normalized spacial score (nSPS) is 22.3. The highest BCUT2D eigenvalue weighted by atomic mass is 16.4. The van der Waals surface area contributed by atoms with Gasteiger partial charge in [-0.25, -0.2) is 4.79 Å². The third kappa shape index (κ3) is 3.36. The quantitative estimate of drug-likeness (QED) is 0.788. The maximum atomic E-state index is 12.2. The van der Waals surface area contributed by atoms with E-state index in [0.717, 1.165) is 19.3 Å². The van der Waals surface area contributed by atoms with Crippen LogP contribution in [0.25, 0.3) is 0 Å². The predicted molar refractivity (Wildman–Crippen MR) is 76.7 cm³/mol. The number of rotatable bonds is 3. The molecule has 1 aliphatic carbocycles. The molecule has 1 saturated carbocycles. The van der Waals surface area contributed by atoms with E-state index in [1.165, 1.54) is 6.07 Å². The van der Waals surface area contributed by atoms with E-state index in [-0.39, 0.29) is 23.4 Å². The average molecular weight is 276 g/mol. The molecule has 1 fully saturated rings. The molecule has 2 unspecified atom stereocenters. The summed E-state index contributed by atoms with van der Waals surface area (Å²) < 4.78 is 0. The maximum Gasteiger partial charge on any atom is 0.336 e. The number of hydrogen-bond donors (Lipinski definition) is 3. The molecule has 2 rings (SSSR count). The lowest BCUT2D eigenvalue weighted by molar-refractivity contribution is -0.120. The average Bonchev–Trinajstić information content (AvgIpc) is 2.40. The summed E-state index contributed by atoms with van der Waals surface area (Å²) >= 11 is 0. The number of carboxylic acid groups (broad SMARTS) is 1. The van der Waals surface area contributed by atoms with Crippen molar-refractivity contribution < 1.29 is 14.7 Å². The minimum absolute atomic E-state index is 0.0691. The van der Waals surface area contributed by atoms with Crippen LogP contribution in [0.1, 0.15) is 41.6 Å². The number of carbonyl (C=O) groups is 2. The van der Waals surface area contributed by atoms with E-state index in [0.29, 0.717) is 17.7 Å². The van der Waals surface area contributed by atoms with Gasteiger partial charge < -0.3 is 16.2 Å². The summed E-state index contributed by atoms with van der Waals surface area (Å²) in [5.74, 6) is -1.13. The molecule has 108 valence electrons. The number of nitrogens with two attached hydrogens (primary N) is 1. The Labute approximate surface area is 118 Å². The van der Waals surface area contributed by atoms with Crippen LogP contribution in [0, 0.1) is 12.8 Å². The van der Waals surface area contributed by atoms with Crippen molar-refractivity contribution in [2.24, 2.45) is 11.7 Å². The first-order valence-electron chi connectivity index (χ1n) is 6.87. The van der Waals surface area contributed by atoms with Crippen LogP contribution in [-0.2, 0) is 4.79 Å². The summed E-state index contributed by atoms with van der Waals surface area (Å²) in [7, 11) is 0. The molecule has 5 nitrogen and oxygen atoms in total. The number of carbonyl (C=O) groups excluding carboxylic acids is 1. The van der Waals surface area contributed by atoms with Crippen LogP contribution in [0.15, 0.2) is 18.2 Å². The fourth-order valence-corrected chi connectivity index (χ4v) is 2.64. The second kappa shape index (κ2) is 6.05. The monoisotopic (exact) mass is 276 g/mol. The van der Waals surface area contributed by atoms with E-state index in [1.54, 1.807) is 19.1 Å². The highest BCUT2D eigenvalue weighted by Gasteiger charge is 2.25. The third-order valence-electron chi connectivity index (χ3n) is 3.82. The number of carboxylic acids is 1. The van der Waals surface area contributed by atoms with Gasteiger partial charge in [0, 0.05) is 17.6 Å². The van der Waals surface area contributed by atoms with Crippen molar-refractivity contribution >= 4 is 17.6 Å². The Bertz CT molecular complexity index is 528. The van der Waals surface area contributed by atoms with E-state index < -0.39 is 5.97 Å². The number of aryl methyl sites for hydroxylation is 1. The number of benzene rings is 1. The zero-order valence-corrected chi connectivity index (χ0v) is 11.6. The molecule has 0 radical (unpaired) electrons. The first kappa shape index (κ1) is 14.5. The molecule has 1 aromatic rings. The van der Waals surface area contributed by atoms with Crippen LogP contribution in [0.2, 0.25) is 0 Å². The summed E-state index contributed by atoms with van der Waals surface area (Å²) in [4.78, 5) is 23.2. The van der Waals surface area contributed by atoms with E-state index in [4.69, 9.17) is 10.8 Å². The molecule has 1 aliphatic rings. The van der Waals surface area contributed by atoms with Crippen molar-refractivity contribution in [2.75, 3.05) is 5.32 Å². The lowest BCUT2D eigenvalue weighted by atomic mass is 9.85. The van der Waals surface area contributed by atoms with Gasteiger partial charge in [0.15, 0.2) is 0 Å². The summed E-state index contributed by atoms with van der Waals surface area (Å²) in [6.07, 6.45) is 3.48. The molecule has 4 N–H and O–H groups in total. The van der Waals surface area contributed by atoms with Crippen molar-refractivity contribution in [1.29, 1.82) is 0 Å². The van der Waals surface area contributed by atoms with Gasteiger partial charge in [0.05, 0.1) is 5.56 Å². The van der Waals surface area contributed by atoms with Crippen molar-refractivity contribution in [1.82, 2.24) is 0 Å². The van der Waals surface area contributed by atoms with Gasteiger partial charge in [0.2, 0.25) is 5.91 Å². The minimum Gasteiger partial charge on any atom is -0.478 e. The Kier molecular flexibility index (Phi) is 4.39. The van der Waals surface area contributed by atoms with Crippen LogP contribution in [0.4, 0.5) is 5.69 Å². The zero-order valence-electron chi connectivity index (χ0n) is 11.6. The highest BCUT2D eigenvalue weighted by Crippen LogP contribution is 2.25. The molecule has 0 aliphatic heterocycles. The Morgan fingerprint density at radius 3 is 2.75 bits per heavy atom. The molecule has 0 saturated heterocycles. The van der Waals surface area contributed by atoms with E-state index in [1.807, 2.05) is 0 Å². The highest BCUT2D eigenvalue weighted by molar-refractivity contribution is 5.95. The lowest BCUT2D eigenvalue weighted by Crippen LogP contribution is -2.34. The predicted octanol–water partition coefficient (Wildman–Crippen LogP) is 2.15. The van der Waals surface area contributed by atoms with E-state index >= 15 is 0 Å². The first-order valence-corrected chi connectivity index (χ1v) is 6.87. The van der Waals surface area contributed by atoms with Crippen LogP contribution in [0.5, 0.6) is 0 Å². The molecule has 0 heterocycles. The van der Waals surface area contributed by atoms with Gasteiger partial charge in [-0.3, -0.25) is 4.79 Å². The molecule has 20 heavy (non-hydrogen) atoms. The summed E-state index contributed by atoms with van der Waals surface area (Å²) in [5.41, 5.74) is 7.29. The maximum absolute atomic E-state index is 12.2. The van der Waals surface area contributed by atoms with Gasteiger partial charge >= 0.3 is 5.97 Å². The van der Waals surface area contributed by atoms with Crippen LogP contribution in [-0.4, -0.2) is 23.0 Å². The number of aromatic carboxylic acids is 1. The largest absolute Gasteiger partial charge is 0.478 e. The van der Waals surface area contributed by atoms with Crippen LogP contribution in [0.3, 0.4) is 0 Å². The minimum atomic E-state index is -0.988. The Hall–Kier alpha value is -1.88. The molecule has 1 aromatic carbocycles.